The van der Waals surface area contributed by atoms with E-state index in [2.05, 4.69) is 0 Å². The van der Waals surface area contributed by atoms with Gasteiger partial charge in [0.15, 0.2) is 0 Å². The minimum atomic E-state index is 0.146. The maximum Gasteiger partial charge on any atom is 0.110 e. The lowest BCUT2D eigenvalue weighted by Gasteiger charge is -2.17. The van der Waals surface area contributed by atoms with Crippen molar-refractivity contribution in [2.75, 3.05) is 6.61 Å². The Morgan fingerprint density at radius 2 is 2.00 bits per heavy atom. The molecule has 1 aliphatic carbocycles. The monoisotopic (exact) mass is 142 g/mol. The number of aliphatic hydroxyl groups is 1. The zero-order valence-corrected chi connectivity index (χ0v) is 6.18. The summed E-state index contributed by atoms with van der Waals surface area (Å²) in [5.41, 5.74) is 0.146. The van der Waals surface area contributed by atoms with Crippen molar-refractivity contribution < 1.29 is 9.84 Å². The fraction of sp³-hybridized carbons (Fsp3) is 1.00. The van der Waals surface area contributed by atoms with Crippen molar-refractivity contribution in [1.29, 1.82) is 0 Å². The molecule has 2 aliphatic rings. The van der Waals surface area contributed by atoms with E-state index in [1.165, 1.54) is 32.1 Å². The molecule has 1 heterocycles. The van der Waals surface area contributed by atoms with Crippen LogP contribution >= 0.6 is 0 Å². The average Bonchev–Trinajstić information content (AvgIpc) is 2.65. The van der Waals surface area contributed by atoms with Gasteiger partial charge in [-0.1, -0.05) is 19.3 Å². The largest absolute Gasteiger partial charge is 0.394 e. The van der Waals surface area contributed by atoms with Gasteiger partial charge in [-0.15, -0.1) is 0 Å². The van der Waals surface area contributed by atoms with Crippen LogP contribution in [0.15, 0.2) is 0 Å². The molecule has 1 spiro atoms. The van der Waals surface area contributed by atoms with E-state index < -0.39 is 0 Å². The highest BCUT2D eigenvalue weighted by atomic mass is 16.6. The van der Waals surface area contributed by atoms with E-state index in [1.54, 1.807) is 0 Å². The maximum absolute atomic E-state index is 8.80. The van der Waals surface area contributed by atoms with Crippen molar-refractivity contribution in [1.82, 2.24) is 0 Å². The molecule has 0 aromatic heterocycles. The molecule has 58 valence electrons. The van der Waals surface area contributed by atoms with Gasteiger partial charge in [0.05, 0.1) is 12.2 Å². The predicted octanol–water partition coefficient (Wildman–Crippen LogP) is 1.08. The minimum absolute atomic E-state index is 0.146. The highest BCUT2D eigenvalue weighted by molar-refractivity contribution is 5.03. The van der Waals surface area contributed by atoms with Crippen molar-refractivity contribution in [2.45, 2.75) is 43.8 Å². The molecule has 0 bridgehead atoms. The van der Waals surface area contributed by atoms with E-state index in [-0.39, 0.29) is 18.3 Å². The topological polar surface area (TPSA) is 32.8 Å². The Labute approximate surface area is 61.2 Å². The van der Waals surface area contributed by atoms with E-state index in [0.717, 1.165) is 0 Å². The lowest BCUT2D eigenvalue weighted by Crippen LogP contribution is -2.20. The summed E-state index contributed by atoms with van der Waals surface area (Å²) in [5.74, 6) is 0. The molecule has 1 saturated heterocycles. The lowest BCUT2D eigenvalue weighted by molar-refractivity contribution is 0.217. The molecule has 0 radical (unpaired) electrons. The molecule has 1 aliphatic heterocycles. The highest BCUT2D eigenvalue weighted by Crippen LogP contribution is 2.47. The molecular weight excluding hydrogens is 128 g/mol. The molecule has 2 nitrogen and oxygen atoms in total. The van der Waals surface area contributed by atoms with Crippen LogP contribution in [0, 0.1) is 0 Å². The molecule has 10 heavy (non-hydrogen) atoms. The second-order valence-corrected chi connectivity index (χ2v) is 3.41. The summed E-state index contributed by atoms with van der Waals surface area (Å²) < 4.78 is 5.44. The Bertz CT molecular complexity index is 127. The van der Waals surface area contributed by atoms with Gasteiger partial charge < -0.3 is 9.84 Å². The summed E-state index contributed by atoms with van der Waals surface area (Å²) >= 11 is 0. The Balaban J connectivity index is 1.92. The molecule has 1 N–H and O–H groups in total. The molecule has 0 unspecified atom stereocenters. The van der Waals surface area contributed by atoms with Crippen LogP contribution in [-0.2, 0) is 4.74 Å². The van der Waals surface area contributed by atoms with Crippen molar-refractivity contribution >= 4 is 0 Å². The Kier molecular flexibility index (Phi) is 1.46. The van der Waals surface area contributed by atoms with Gasteiger partial charge in [0.2, 0.25) is 0 Å². The van der Waals surface area contributed by atoms with Crippen LogP contribution in [-0.4, -0.2) is 23.4 Å². The molecule has 2 rings (SSSR count). The smallest absolute Gasteiger partial charge is 0.110 e. The number of hydrogen-bond donors (Lipinski definition) is 1. The van der Waals surface area contributed by atoms with Crippen LogP contribution in [0.25, 0.3) is 0 Å². The average molecular weight is 142 g/mol. The van der Waals surface area contributed by atoms with Crippen molar-refractivity contribution in [3.63, 3.8) is 0 Å². The summed E-state index contributed by atoms with van der Waals surface area (Å²) in [6, 6.07) is 0. The first-order valence-electron chi connectivity index (χ1n) is 4.16. The SMILES string of the molecule is OC[C@H]1OC12CCCCC2. The predicted molar refractivity (Wildman–Crippen MR) is 37.8 cm³/mol. The normalized spacial score (nSPS) is 36.3. The molecular formula is C8H14O2. The standard InChI is InChI=1S/C8H14O2/c9-6-7-8(10-7)4-2-1-3-5-8/h7,9H,1-6H2/t7-/m1/s1. The van der Waals surface area contributed by atoms with Gasteiger partial charge in [-0.3, -0.25) is 0 Å². The summed E-state index contributed by atoms with van der Waals surface area (Å²) in [5, 5.41) is 8.80. The minimum Gasteiger partial charge on any atom is -0.394 e. The molecule has 0 amide bonds. The van der Waals surface area contributed by atoms with E-state index in [4.69, 9.17) is 9.84 Å². The third kappa shape index (κ3) is 0.867. The van der Waals surface area contributed by atoms with Gasteiger partial charge in [0.1, 0.15) is 6.10 Å². The highest BCUT2D eigenvalue weighted by Gasteiger charge is 2.55. The van der Waals surface area contributed by atoms with Crippen molar-refractivity contribution in [3.05, 3.63) is 0 Å². The summed E-state index contributed by atoms with van der Waals surface area (Å²) in [4.78, 5) is 0. The van der Waals surface area contributed by atoms with Crippen molar-refractivity contribution in [3.8, 4) is 0 Å². The van der Waals surface area contributed by atoms with E-state index in [1.807, 2.05) is 0 Å². The summed E-state index contributed by atoms with van der Waals surface area (Å²) in [6.07, 6.45) is 6.47. The van der Waals surface area contributed by atoms with Gasteiger partial charge in [0.25, 0.3) is 0 Å². The van der Waals surface area contributed by atoms with Gasteiger partial charge in [-0.2, -0.15) is 0 Å². The zero-order valence-electron chi connectivity index (χ0n) is 6.18. The first kappa shape index (κ1) is 6.62. The summed E-state index contributed by atoms with van der Waals surface area (Å²) in [6.45, 7) is 0.222. The number of aliphatic hydroxyl groups excluding tert-OH is 1. The maximum atomic E-state index is 8.80. The fourth-order valence-corrected chi connectivity index (χ4v) is 2.04. The molecule has 0 aromatic rings. The third-order valence-electron chi connectivity index (χ3n) is 2.77. The van der Waals surface area contributed by atoms with Crippen LogP contribution in [0.3, 0.4) is 0 Å². The Morgan fingerprint density at radius 1 is 1.30 bits per heavy atom. The van der Waals surface area contributed by atoms with Crippen LogP contribution in [0.4, 0.5) is 0 Å². The summed E-state index contributed by atoms with van der Waals surface area (Å²) in [7, 11) is 0. The van der Waals surface area contributed by atoms with Crippen LogP contribution in [0.5, 0.6) is 0 Å². The molecule has 0 aromatic carbocycles. The van der Waals surface area contributed by atoms with E-state index in [9.17, 15) is 0 Å². The van der Waals surface area contributed by atoms with Gasteiger partial charge >= 0.3 is 0 Å². The second kappa shape index (κ2) is 2.21. The first-order chi connectivity index (χ1) is 4.87. The van der Waals surface area contributed by atoms with Crippen LogP contribution in [0.2, 0.25) is 0 Å². The molecule has 1 saturated carbocycles. The van der Waals surface area contributed by atoms with Gasteiger partial charge in [0, 0.05) is 0 Å². The lowest BCUT2D eigenvalue weighted by atomic mass is 9.87. The number of hydrogen-bond acceptors (Lipinski definition) is 2. The quantitative estimate of drug-likeness (QED) is 0.556. The third-order valence-corrected chi connectivity index (χ3v) is 2.77. The number of ether oxygens (including phenoxy) is 1. The van der Waals surface area contributed by atoms with E-state index >= 15 is 0 Å². The molecule has 2 heteroatoms. The second-order valence-electron chi connectivity index (χ2n) is 3.41. The Morgan fingerprint density at radius 3 is 2.50 bits per heavy atom. The number of epoxide rings is 1. The molecule has 1 atom stereocenters. The van der Waals surface area contributed by atoms with Crippen LogP contribution < -0.4 is 0 Å². The zero-order chi connectivity index (χ0) is 7.03. The van der Waals surface area contributed by atoms with Crippen LogP contribution in [0.1, 0.15) is 32.1 Å². The fourth-order valence-electron chi connectivity index (χ4n) is 2.04. The van der Waals surface area contributed by atoms with Gasteiger partial charge in [-0.05, 0) is 12.8 Å². The number of rotatable bonds is 1. The van der Waals surface area contributed by atoms with Crippen molar-refractivity contribution in [2.24, 2.45) is 0 Å². The molecule has 2 fully saturated rings. The van der Waals surface area contributed by atoms with E-state index in [0.29, 0.717) is 0 Å². The Hall–Kier alpha value is -0.0800. The first-order valence-corrected chi connectivity index (χ1v) is 4.16. The van der Waals surface area contributed by atoms with Gasteiger partial charge in [-0.25, -0.2) is 0 Å².